The highest BCUT2D eigenvalue weighted by atomic mass is 15.2. The van der Waals surface area contributed by atoms with Crippen LogP contribution in [0.25, 0.3) is 0 Å². The van der Waals surface area contributed by atoms with Crippen LogP contribution in [-0.4, -0.2) is 30.6 Å². The maximum Gasteiger partial charge on any atom is 0.00966 e. The summed E-state index contributed by atoms with van der Waals surface area (Å²) in [4.78, 5) is 2.75. The van der Waals surface area contributed by atoms with Crippen LogP contribution < -0.4 is 5.73 Å². The van der Waals surface area contributed by atoms with Gasteiger partial charge in [-0.25, -0.2) is 0 Å². The van der Waals surface area contributed by atoms with Gasteiger partial charge in [0.05, 0.1) is 0 Å². The molecule has 1 unspecified atom stereocenters. The van der Waals surface area contributed by atoms with E-state index in [0.717, 1.165) is 30.3 Å². The van der Waals surface area contributed by atoms with E-state index in [1.165, 1.54) is 45.2 Å². The molecule has 0 aromatic rings. The highest BCUT2D eigenvalue weighted by molar-refractivity contribution is 4.89. The van der Waals surface area contributed by atoms with Crippen molar-refractivity contribution in [1.82, 2.24) is 4.90 Å². The Kier molecular flexibility index (Phi) is 4.26. The van der Waals surface area contributed by atoms with Crippen molar-refractivity contribution >= 4 is 0 Å². The maximum absolute atomic E-state index is 5.91. The number of nitrogens with zero attached hydrogens (tertiary/aromatic N) is 1. The molecule has 0 aromatic heterocycles. The van der Waals surface area contributed by atoms with Gasteiger partial charge in [0.1, 0.15) is 0 Å². The molecule has 0 spiro atoms. The average molecular weight is 224 g/mol. The van der Waals surface area contributed by atoms with Gasteiger partial charge >= 0.3 is 0 Å². The molecule has 1 atom stereocenters. The van der Waals surface area contributed by atoms with Gasteiger partial charge in [0.25, 0.3) is 0 Å². The van der Waals surface area contributed by atoms with Crippen LogP contribution in [0.4, 0.5) is 0 Å². The number of hydrogen-bond acceptors (Lipinski definition) is 2. The summed E-state index contributed by atoms with van der Waals surface area (Å²) in [5.41, 5.74) is 5.91. The number of hydrogen-bond donors (Lipinski definition) is 1. The highest BCUT2D eigenvalue weighted by Gasteiger charge is 2.34. The third kappa shape index (κ3) is 4.06. The molecular weight excluding hydrogens is 196 g/mol. The fourth-order valence-corrected chi connectivity index (χ4v) is 2.69. The van der Waals surface area contributed by atoms with Crippen LogP contribution in [-0.2, 0) is 0 Å². The van der Waals surface area contributed by atoms with Crippen LogP contribution in [0.2, 0.25) is 0 Å². The lowest BCUT2D eigenvalue weighted by molar-refractivity contribution is 0.201. The second-order valence-corrected chi connectivity index (χ2v) is 6.36. The van der Waals surface area contributed by atoms with Crippen molar-refractivity contribution in [2.24, 2.45) is 23.5 Å². The van der Waals surface area contributed by atoms with E-state index >= 15 is 0 Å². The van der Waals surface area contributed by atoms with E-state index in [0.29, 0.717) is 0 Å². The maximum atomic E-state index is 5.91. The van der Waals surface area contributed by atoms with E-state index in [4.69, 9.17) is 5.73 Å². The van der Waals surface area contributed by atoms with Gasteiger partial charge in [0, 0.05) is 19.1 Å². The molecule has 16 heavy (non-hydrogen) atoms. The third-order valence-electron chi connectivity index (χ3n) is 3.88. The summed E-state index contributed by atoms with van der Waals surface area (Å²) in [6.07, 6.45) is 7.11. The van der Waals surface area contributed by atoms with Gasteiger partial charge in [-0.1, -0.05) is 13.8 Å². The first-order chi connectivity index (χ1) is 7.69. The fraction of sp³-hybridized carbons (Fsp3) is 1.00. The minimum absolute atomic E-state index is 0.722. The molecule has 0 heterocycles. The Hall–Kier alpha value is -0.0800. The largest absolute Gasteiger partial charge is 0.330 e. The van der Waals surface area contributed by atoms with Gasteiger partial charge in [-0.05, 0) is 56.4 Å². The predicted octanol–water partition coefficient (Wildman–Crippen LogP) is 2.48. The van der Waals surface area contributed by atoms with Crippen molar-refractivity contribution in [3.63, 3.8) is 0 Å². The minimum atomic E-state index is 0.722. The summed E-state index contributed by atoms with van der Waals surface area (Å²) < 4.78 is 0. The SMILES string of the molecule is CC(C)CC(CN)CN(CC1CC1)C1CC1. The lowest BCUT2D eigenvalue weighted by atomic mass is 9.96. The monoisotopic (exact) mass is 224 g/mol. The molecule has 2 N–H and O–H groups in total. The molecule has 2 fully saturated rings. The zero-order valence-corrected chi connectivity index (χ0v) is 11.0. The topological polar surface area (TPSA) is 29.3 Å². The second kappa shape index (κ2) is 5.50. The van der Waals surface area contributed by atoms with E-state index in [2.05, 4.69) is 18.7 Å². The van der Waals surface area contributed by atoms with Gasteiger partial charge in [-0.15, -0.1) is 0 Å². The first kappa shape index (κ1) is 12.4. The molecule has 0 aliphatic heterocycles. The molecule has 2 aliphatic carbocycles. The van der Waals surface area contributed by atoms with Crippen molar-refractivity contribution < 1.29 is 0 Å². The molecule has 0 radical (unpaired) electrons. The molecule has 2 saturated carbocycles. The van der Waals surface area contributed by atoms with Gasteiger partial charge in [-0.3, -0.25) is 4.90 Å². The summed E-state index contributed by atoms with van der Waals surface area (Å²) in [5, 5.41) is 0. The first-order valence-corrected chi connectivity index (χ1v) is 7.13. The normalized spacial score (nSPS) is 23.1. The van der Waals surface area contributed by atoms with Crippen LogP contribution in [0.3, 0.4) is 0 Å². The summed E-state index contributed by atoms with van der Waals surface area (Å²) in [7, 11) is 0. The minimum Gasteiger partial charge on any atom is -0.330 e. The summed E-state index contributed by atoms with van der Waals surface area (Å²) in [5.74, 6) is 2.54. The van der Waals surface area contributed by atoms with Crippen molar-refractivity contribution in [3.8, 4) is 0 Å². The Bertz CT molecular complexity index is 207. The summed E-state index contributed by atoms with van der Waals surface area (Å²) in [6.45, 7) is 8.11. The van der Waals surface area contributed by atoms with Gasteiger partial charge in [0.15, 0.2) is 0 Å². The summed E-state index contributed by atoms with van der Waals surface area (Å²) in [6, 6.07) is 0.918. The molecule has 0 amide bonds. The van der Waals surface area contributed by atoms with E-state index in [1.54, 1.807) is 0 Å². The molecule has 0 saturated heterocycles. The zero-order chi connectivity index (χ0) is 11.5. The molecular formula is C14H28N2. The van der Waals surface area contributed by atoms with Crippen LogP contribution in [0.5, 0.6) is 0 Å². The molecule has 2 nitrogen and oxygen atoms in total. The lowest BCUT2D eigenvalue weighted by Crippen LogP contribution is -2.36. The quantitative estimate of drug-likeness (QED) is 0.686. The number of rotatable bonds is 8. The van der Waals surface area contributed by atoms with Crippen molar-refractivity contribution in [1.29, 1.82) is 0 Å². The van der Waals surface area contributed by atoms with Gasteiger partial charge in [0.2, 0.25) is 0 Å². The highest BCUT2D eigenvalue weighted by Crippen LogP contribution is 2.35. The standard InChI is InChI=1S/C14H28N2/c1-11(2)7-13(8-15)10-16(14-5-6-14)9-12-3-4-12/h11-14H,3-10,15H2,1-2H3. The molecule has 2 aliphatic rings. The molecule has 2 rings (SSSR count). The van der Waals surface area contributed by atoms with Gasteiger partial charge in [-0.2, -0.15) is 0 Å². The fourth-order valence-electron chi connectivity index (χ4n) is 2.69. The van der Waals surface area contributed by atoms with Crippen LogP contribution in [0.15, 0.2) is 0 Å². The third-order valence-corrected chi connectivity index (χ3v) is 3.88. The van der Waals surface area contributed by atoms with Crippen molar-refractivity contribution in [2.75, 3.05) is 19.6 Å². The van der Waals surface area contributed by atoms with E-state index < -0.39 is 0 Å². The Morgan fingerprint density at radius 1 is 1.19 bits per heavy atom. The van der Waals surface area contributed by atoms with Crippen molar-refractivity contribution in [3.05, 3.63) is 0 Å². The zero-order valence-electron chi connectivity index (χ0n) is 11.0. The van der Waals surface area contributed by atoms with Gasteiger partial charge < -0.3 is 5.73 Å². The Morgan fingerprint density at radius 3 is 2.31 bits per heavy atom. The molecule has 0 bridgehead atoms. The average Bonchev–Trinajstić information content (AvgIpc) is 3.07. The first-order valence-electron chi connectivity index (χ1n) is 7.13. The summed E-state index contributed by atoms with van der Waals surface area (Å²) >= 11 is 0. The molecule has 0 aromatic carbocycles. The van der Waals surface area contributed by atoms with E-state index in [9.17, 15) is 0 Å². The smallest absolute Gasteiger partial charge is 0.00966 e. The van der Waals surface area contributed by atoms with Crippen molar-refractivity contribution in [2.45, 2.75) is 52.0 Å². The Labute approximate surface area is 101 Å². The van der Waals surface area contributed by atoms with Crippen LogP contribution in [0.1, 0.15) is 46.0 Å². The van der Waals surface area contributed by atoms with E-state index in [-0.39, 0.29) is 0 Å². The van der Waals surface area contributed by atoms with Crippen LogP contribution >= 0.6 is 0 Å². The molecule has 94 valence electrons. The van der Waals surface area contributed by atoms with E-state index in [1.807, 2.05) is 0 Å². The predicted molar refractivity (Wildman–Crippen MR) is 69.3 cm³/mol. The Balaban J connectivity index is 1.77. The Morgan fingerprint density at radius 2 is 1.88 bits per heavy atom. The number of nitrogens with two attached hydrogens (primary N) is 1. The molecule has 2 heteroatoms. The lowest BCUT2D eigenvalue weighted by Gasteiger charge is -2.27. The second-order valence-electron chi connectivity index (χ2n) is 6.36. The van der Waals surface area contributed by atoms with Crippen LogP contribution in [0, 0.1) is 17.8 Å².